The van der Waals surface area contributed by atoms with Crippen molar-refractivity contribution in [3.63, 3.8) is 0 Å². The van der Waals surface area contributed by atoms with Crippen LogP contribution in [0, 0.1) is 0 Å². The van der Waals surface area contributed by atoms with Gasteiger partial charge in [0.1, 0.15) is 6.04 Å². The van der Waals surface area contributed by atoms with E-state index in [9.17, 15) is 40.7 Å². The van der Waals surface area contributed by atoms with Crippen LogP contribution >= 0.6 is 0 Å². The van der Waals surface area contributed by atoms with Gasteiger partial charge in [0.2, 0.25) is 5.91 Å². The van der Waals surface area contributed by atoms with Crippen molar-refractivity contribution in [1.29, 1.82) is 0 Å². The Bertz CT molecular complexity index is 1750. The summed E-state index contributed by atoms with van der Waals surface area (Å²) in [5.41, 5.74) is 1.28. The Hall–Kier alpha value is -4.25. The number of hydrogen-bond acceptors (Lipinski definition) is 6. The van der Waals surface area contributed by atoms with Gasteiger partial charge in [-0.1, -0.05) is 12.1 Å². The van der Waals surface area contributed by atoms with Crippen molar-refractivity contribution >= 4 is 28.7 Å². The fourth-order valence-corrected chi connectivity index (χ4v) is 7.60. The summed E-state index contributed by atoms with van der Waals surface area (Å²) in [6.07, 6.45) is -8.87. The Kier molecular flexibility index (Phi) is 10.3. The van der Waals surface area contributed by atoms with Gasteiger partial charge in [0.05, 0.1) is 27.8 Å². The number of aromatic amines is 1. The molecule has 3 saturated heterocycles. The number of likely N-dealkylation sites (tertiary alicyclic amines) is 2. The molecule has 3 fully saturated rings. The van der Waals surface area contributed by atoms with Crippen molar-refractivity contribution in [2.45, 2.75) is 62.6 Å². The summed E-state index contributed by atoms with van der Waals surface area (Å²) < 4.78 is 84.8. The van der Waals surface area contributed by atoms with Gasteiger partial charge in [-0.15, -0.1) is 0 Å². The number of carbonyl (C=O) groups excluding carboxylic acids is 2. The van der Waals surface area contributed by atoms with Crippen LogP contribution in [0.25, 0.3) is 11.0 Å². The van der Waals surface area contributed by atoms with Crippen molar-refractivity contribution in [3.8, 4) is 0 Å². The number of imidazole rings is 1. The zero-order chi connectivity index (χ0) is 36.7. The molecule has 11 nitrogen and oxygen atoms in total. The van der Waals surface area contributed by atoms with Gasteiger partial charge >= 0.3 is 24.1 Å². The first-order valence-electron chi connectivity index (χ1n) is 17.1. The van der Waals surface area contributed by atoms with E-state index in [1.54, 1.807) is 16.7 Å². The number of benzene rings is 2. The molecular formula is C34H42F6N8O3. The molecule has 0 bridgehead atoms. The van der Waals surface area contributed by atoms with E-state index >= 15 is 0 Å². The predicted octanol–water partition coefficient (Wildman–Crippen LogP) is 4.15. The molecule has 1 aromatic heterocycles. The number of H-pyrrole nitrogens is 1. The summed E-state index contributed by atoms with van der Waals surface area (Å²) in [6.45, 7) is 4.69. The fraction of sp³-hybridized carbons (Fsp3) is 0.559. The average Bonchev–Trinajstić information content (AvgIpc) is 3.43. The van der Waals surface area contributed by atoms with Crippen LogP contribution in [-0.2, 0) is 23.6 Å². The second kappa shape index (κ2) is 14.4. The molecule has 6 rings (SSSR count). The number of para-hydroxylation sites is 2. The number of alkyl halides is 6. The van der Waals surface area contributed by atoms with Crippen LogP contribution in [-0.4, -0.2) is 113 Å². The van der Waals surface area contributed by atoms with Gasteiger partial charge in [0.25, 0.3) is 0 Å². The number of amides is 3. The molecule has 1 atom stereocenters. The molecule has 3 amide bonds. The number of rotatable bonds is 6. The lowest BCUT2D eigenvalue weighted by atomic mass is 9.96. The summed E-state index contributed by atoms with van der Waals surface area (Å²) >= 11 is 0. The van der Waals surface area contributed by atoms with Crippen LogP contribution in [0.3, 0.4) is 0 Å². The first-order valence-corrected chi connectivity index (χ1v) is 17.1. The molecule has 0 unspecified atom stereocenters. The van der Waals surface area contributed by atoms with E-state index in [2.05, 4.69) is 27.1 Å². The molecule has 3 aliphatic heterocycles. The van der Waals surface area contributed by atoms with Gasteiger partial charge in [0.15, 0.2) is 0 Å². The van der Waals surface area contributed by atoms with Gasteiger partial charge in [0, 0.05) is 70.9 Å². The standard InChI is InChI=1S/C34H42F6N8O3/c1-44-14-16-45(17-15-44)22-6-10-46(11-7-22)30(49)27(20-21-18-24(33(35,36)37)29(41)25(19-21)34(38,39)40)43-31(50)47-12-8-23(9-13-47)48-28-5-3-2-4-26(28)42-32(48)51/h2-5,18-19,22-23,27H,6-17,20,41H2,1H3,(H,42,51)(H,43,50)/t27-/m1/s1. The van der Waals surface area contributed by atoms with E-state index in [-0.39, 0.29) is 30.9 Å². The van der Waals surface area contributed by atoms with Gasteiger partial charge in [-0.05, 0) is 62.6 Å². The third-order valence-corrected chi connectivity index (χ3v) is 10.5. The van der Waals surface area contributed by atoms with Crippen molar-refractivity contribution in [2.24, 2.45) is 0 Å². The molecule has 17 heteroatoms. The Morgan fingerprint density at radius 3 is 1.98 bits per heavy atom. The molecule has 0 saturated carbocycles. The zero-order valence-corrected chi connectivity index (χ0v) is 28.2. The van der Waals surface area contributed by atoms with Gasteiger partial charge in [-0.2, -0.15) is 26.3 Å². The zero-order valence-electron chi connectivity index (χ0n) is 28.2. The molecule has 0 radical (unpaired) electrons. The molecule has 2 aromatic carbocycles. The Morgan fingerprint density at radius 2 is 1.39 bits per heavy atom. The third kappa shape index (κ3) is 7.98. The number of piperidine rings is 2. The summed E-state index contributed by atoms with van der Waals surface area (Å²) in [5, 5.41) is 2.64. The van der Waals surface area contributed by atoms with E-state index < -0.39 is 59.1 Å². The van der Waals surface area contributed by atoms with Crippen molar-refractivity contribution in [2.75, 3.05) is 65.1 Å². The Balaban J connectivity index is 1.20. The number of nitrogen functional groups attached to an aromatic ring is 1. The van der Waals surface area contributed by atoms with Crippen LogP contribution < -0.4 is 16.7 Å². The largest absolute Gasteiger partial charge is 0.418 e. The molecule has 3 aliphatic rings. The van der Waals surface area contributed by atoms with Gasteiger partial charge in [-0.3, -0.25) is 14.3 Å². The average molecular weight is 725 g/mol. The number of nitrogens with one attached hydrogen (secondary N) is 2. The minimum Gasteiger partial charge on any atom is -0.398 e. The normalized spacial score (nSPS) is 19.8. The lowest BCUT2D eigenvalue weighted by Gasteiger charge is -2.42. The fourth-order valence-electron chi connectivity index (χ4n) is 7.60. The smallest absolute Gasteiger partial charge is 0.398 e. The van der Waals surface area contributed by atoms with Crippen LogP contribution in [0.2, 0.25) is 0 Å². The van der Waals surface area contributed by atoms with E-state index in [0.717, 1.165) is 31.7 Å². The van der Waals surface area contributed by atoms with Crippen molar-refractivity contribution in [3.05, 3.63) is 63.6 Å². The summed E-state index contributed by atoms with van der Waals surface area (Å²) in [7, 11) is 2.05. The Morgan fingerprint density at radius 1 is 0.843 bits per heavy atom. The predicted molar refractivity (Wildman–Crippen MR) is 178 cm³/mol. The van der Waals surface area contributed by atoms with Crippen LogP contribution in [0.1, 0.15) is 48.4 Å². The first kappa shape index (κ1) is 36.5. The topological polar surface area (TPSA) is 123 Å². The number of likely N-dealkylation sites (N-methyl/N-ethyl adjacent to an activating group) is 1. The lowest BCUT2D eigenvalue weighted by Crippen LogP contribution is -2.57. The molecule has 0 aliphatic carbocycles. The number of carbonyl (C=O) groups is 2. The minimum absolute atomic E-state index is 0.206. The number of hydrogen-bond donors (Lipinski definition) is 3. The number of nitrogens with two attached hydrogens (primary N) is 1. The van der Waals surface area contributed by atoms with Gasteiger partial charge in [-0.25, -0.2) is 9.59 Å². The van der Waals surface area contributed by atoms with E-state index in [1.807, 2.05) is 12.1 Å². The summed E-state index contributed by atoms with van der Waals surface area (Å²) in [6, 6.07) is 6.17. The van der Waals surface area contributed by atoms with E-state index in [0.29, 0.717) is 56.4 Å². The maximum Gasteiger partial charge on any atom is 0.418 e. The highest BCUT2D eigenvalue weighted by Crippen LogP contribution is 2.42. The minimum atomic E-state index is -5.19. The van der Waals surface area contributed by atoms with Crippen LogP contribution in [0.15, 0.2) is 41.2 Å². The Labute approximate surface area is 290 Å². The molecule has 278 valence electrons. The third-order valence-electron chi connectivity index (χ3n) is 10.5. The number of halogens is 6. The molecule has 4 N–H and O–H groups in total. The second-order valence-corrected chi connectivity index (χ2v) is 13.7. The molecule has 3 aromatic rings. The lowest BCUT2D eigenvalue weighted by molar-refractivity contribution is -0.141. The van der Waals surface area contributed by atoms with Crippen molar-refractivity contribution in [1.82, 2.24) is 34.5 Å². The van der Waals surface area contributed by atoms with Gasteiger partial charge < -0.3 is 30.7 Å². The molecule has 0 spiro atoms. The summed E-state index contributed by atoms with van der Waals surface area (Å²) in [4.78, 5) is 50.8. The highest BCUT2D eigenvalue weighted by molar-refractivity contribution is 5.87. The number of anilines is 1. The van der Waals surface area contributed by atoms with Crippen LogP contribution in [0.5, 0.6) is 0 Å². The van der Waals surface area contributed by atoms with Crippen LogP contribution in [0.4, 0.5) is 36.8 Å². The number of aromatic nitrogens is 2. The number of nitrogens with zero attached hydrogens (tertiary/aromatic N) is 5. The molecular weight excluding hydrogens is 682 g/mol. The number of urea groups is 1. The van der Waals surface area contributed by atoms with Crippen molar-refractivity contribution < 1.29 is 35.9 Å². The number of fused-ring (bicyclic) bond motifs is 1. The maximum absolute atomic E-state index is 14.0. The van der Waals surface area contributed by atoms with E-state index in [4.69, 9.17) is 5.73 Å². The SMILES string of the molecule is CN1CCN(C2CCN(C(=O)[C@@H](Cc3cc(C(F)(F)F)c(N)c(C(F)(F)F)c3)NC(=O)N3CCC(n4c(=O)[nH]c5ccccc54)CC3)CC2)CC1. The monoisotopic (exact) mass is 724 g/mol. The highest BCUT2D eigenvalue weighted by atomic mass is 19.4. The maximum atomic E-state index is 14.0. The second-order valence-electron chi connectivity index (χ2n) is 13.7. The highest BCUT2D eigenvalue weighted by Gasteiger charge is 2.42. The molecule has 51 heavy (non-hydrogen) atoms. The first-order chi connectivity index (χ1) is 24.1. The number of piperazine rings is 1. The quantitative estimate of drug-likeness (QED) is 0.260. The molecule has 4 heterocycles. The summed E-state index contributed by atoms with van der Waals surface area (Å²) in [5.74, 6) is -0.584. The van der Waals surface area contributed by atoms with E-state index in [1.165, 1.54) is 9.80 Å².